The number of rotatable bonds is 10. The molecular formula is C23H28BrFN2O3. The summed E-state index contributed by atoms with van der Waals surface area (Å²) in [5.74, 6) is -0.322. The van der Waals surface area contributed by atoms with Crippen LogP contribution in [0.3, 0.4) is 0 Å². The fourth-order valence-electron chi connectivity index (χ4n) is 3.10. The van der Waals surface area contributed by atoms with Crippen LogP contribution in [-0.4, -0.2) is 35.9 Å². The molecule has 0 fully saturated rings. The Bertz CT molecular complexity index is 858. The lowest BCUT2D eigenvalue weighted by atomic mass is 10.1. The average Bonchev–Trinajstić information content (AvgIpc) is 2.74. The molecule has 0 aromatic heterocycles. The molecule has 0 aliphatic rings. The number of aryl methyl sites for hydroxylation is 1. The van der Waals surface area contributed by atoms with Crippen molar-refractivity contribution in [3.8, 4) is 5.75 Å². The second-order valence-corrected chi connectivity index (χ2v) is 7.73. The second-order valence-electron chi connectivity index (χ2n) is 6.87. The first-order valence-electron chi connectivity index (χ1n) is 10.1. The highest BCUT2D eigenvalue weighted by molar-refractivity contribution is 9.10. The van der Waals surface area contributed by atoms with Crippen molar-refractivity contribution in [1.82, 2.24) is 10.2 Å². The zero-order valence-corrected chi connectivity index (χ0v) is 19.2. The molecule has 30 heavy (non-hydrogen) atoms. The van der Waals surface area contributed by atoms with Gasteiger partial charge in [0.2, 0.25) is 5.91 Å². The van der Waals surface area contributed by atoms with Crippen LogP contribution in [0.5, 0.6) is 5.75 Å². The summed E-state index contributed by atoms with van der Waals surface area (Å²) in [4.78, 5) is 27.1. The zero-order chi connectivity index (χ0) is 22.1. The molecule has 0 saturated carbocycles. The molecule has 2 aromatic rings. The van der Waals surface area contributed by atoms with E-state index in [1.807, 2.05) is 32.0 Å². The lowest BCUT2D eigenvalue weighted by molar-refractivity contribution is -0.142. The maximum absolute atomic E-state index is 13.3. The third-order valence-corrected chi connectivity index (χ3v) is 5.38. The molecular weight excluding hydrogens is 451 g/mol. The predicted molar refractivity (Wildman–Crippen MR) is 119 cm³/mol. The Kier molecular flexibility index (Phi) is 9.30. The van der Waals surface area contributed by atoms with Crippen molar-refractivity contribution in [2.45, 2.75) is 46.2 Å². The van der Waals surface area contributed by atoms with Gasteiger partial charge in [0, 0.05) is 13.1 Å². The van der Waals surface area contributed by atoms with Crippen LogP contribution < -0.4 is 10.1 Å². The van der Waals surface area contributed by atoms with Crippen molar-refractivity contribution in [2.75, 3.05) is 13.2 Å². The van der Waals surface area contributed by atoms with Crippen molar-refractivity contribution >= 4 is 27.7 Å². The van der Waals surface area contributed by atoms with Crippen molar-refractivity contribution < 1.29 is 18.7 Å². The minimum atomic E-state index is -0.642. The van der Waals surface area contributed by atoms with Gasteiger partial charge in [0.15, 0.2) is 6.61 Å². The van der Waals surface area contributed by atoms with Crippen molar-refractivity contribution in [3.63, 3.8) is 0 Å². The Morgan fingerprint density at radius 1 is 1.10 bits per heavy atom. The molecule has 1 unspecified atom stereocenters. The Morgan fingerprint density at radius 3 is 2.33 bits per heavy atom. The number of ether oxygens (including phenoxy) is 1. The molecule has 0 spiro atoms. The summed E-state index contributed by atoms with van der Waals surface area (Å²) in [5, 5.41) is 2.78. The first-order valence-corrected chi connectivity index (χ1v) is 10.9. The summed E-state index contributed by atoms with van der Waals surface area (Å²) in [6.45, 7) is 6.20. The number of nitrogens with zero attached hydrogens (tertiary/aromatic N) is 1. The minimum Gasteiger partial charge on any atom is -0.483 e. The summed E-state index contributed by atoms with van der Waals surface area (Å²) >= 11 is 3.47. The minimum absolute atomic E-state index is 0.189. The van der Waals surface area contributed by atoms with Gasteiger partial charge in [-0.25, -0.2) is 4.39 Å². The summed E-state index contributed by atoms with van der Waals surface area (Å²) in [5.41, 5.74) is 1.89. The third-order valence-electron chi connectivity index (χ3n) is 4.76. The molecule has 0 heterocycles. The molecule has 7 heteroatoms. The molecule has 1 atom stereocenters. The number of nitrogens with one attached hydrogen (secondary N) is 1. The van der Waals surface area contributed by atoms with Crippen LogP contribution in [0.4, 0.5) is 4.39 Å². The molecule has 0 radical (unpaired) electrons. The molecule has 0 aliphatic carbocycles. The van der Waals surface area contributed by atoms with Gasteiger partial charge in [-0.15, -0.1) is 0 Å². The van der Waals surface area contributed by atoms with E-state index in [-0.39, 0.29) is 30.8 Å². The number of hydrogen-bond donors (Lipinski definition) is 1. The number of carbonyl (C=O) groups is 2. The summed E-state index contributed by atoms with van der Waals surface area (Å²) < 4.78 is 19.8. The Balaban J connectivity index is 2.19. The number of likely N-dealkylation sites (N-methyl/N-ethyl adjacent to an activating group) is 1. The van der Waals surface area contributed by atoms with Gasteiger partial charge in [0.1, 0.15) is 17.6 Å². The van der Waals surface area contributed by atoms with Crippen LogP contribution in [0, 0.1) is 5.82 Å². The topological polar surface area (TPSA) is 58.6 Å². The molecule has 5 nitrogen and oxygen atoms in total. The van der Waals surface area contributed by atoms with E-state index in [0.29, 0.717) is 18.7 Å². The highest BCUT2D eigenvalue weighted by atomic mass is 79.9. The second kappa shape index (κ2) is 11.7. The monoisotopic (exact) mass is 478 g/mol. The van der Waals surface area contributed by atoms with Gasteiger partial charge in [-0.05, 0) is 71.1 Å². The SMILES string of the molecule is CCNC(=O)C(CC)N(Cc1ccc(F)cc1)C(=O)COc1ccc(CC)cc1Br. The first-order chi connectivity index (χ1) is 14.4. The maximum Gasteiger partial charge on any atom is 0.261 e. The van der Waals surface area contributed by atoms with Crippen molar-refractivity contribution in [2.24, 2.45) is 0 Å². The number of carbonyl (C=O) groups excluding carboxylic acids is 2. The summed E-state index contributed by atoms with van der Waals surface area (Å²) in [6, 6.07) is 11.0. The van der Waals surface area contributed by atoms with Crippen LogP contribution in [0.2, 0.25) is 0 Å². The van der Waals surface area contributed by atoms with E-state index in [1.165, 1.54) is 17.0 Å². The maximum atomic E-state index is 13.3. The van der Waals surface area contributed by atoms with Crippen LogP contribution in [-0.2, 0) is 22.6 Å². The Morgan fingerprint density at radius 2 is 1.77 bits per heavy atom. The lowest BCUT2D eigenvalue weighted by Crippen LogP contribution is -2.50. The van der Waals surface area contributed by atoms with Gasteiger partial charge in [-0.1, -0.05) is 32.0 Å². The Hall–Kier alpha value is -2.41. The molecule has 162 valence electrons. The molecule has 0 bridgehead atoms. The highest BCUT2D eigenvalue weighted by Gasteiger charge is 2.28. The van der Waals surface area contributed by atoms with E-state index in [4.69, 9.17) is 4.74 Å². The van der Waals surface area contributed by atoms with E-state index < -0.39 is 6.04 Å². The molecule has 0 aliphatic heterocycles. The average molecular weight is 479 g/mol. The summed E-state index contributed by atoms with van der Waals surface area (Å²) in [6.07, 6.45) is 1.35. The molecule has 2 aromatic carbocycles. The van der Waals surface area contributed by atoms with Crippen molar-refractivity contribution in [3.05, 3.63) is 63.9 Å². The predicted octanol–water partition coefficient (Wildman–Crippen LogP) is 4.47. The zero-order valence-electron chi connectivity index (χ0n) is 17.6. The van der Waals surface area contributed by atoms with Crippen molar-refractivity contribution in [1.29, 1.82) is 0 Å². The van der Waals surface area contributed by atoms with Crippen LogP contribution in [0.15, 0.2) is 46.9 Å². The normalized spacial score (nSPS) is 11.6. The van der Waals surface area contributed by atoms with Gasteiger partial charge < -0.3 is 15.0 Å². The first kappa shape index (κ1) is 23.9. The van der Waals surface area contributed by atoms with E-state index in [0.717, 1.165) is 22.0 Å². The van der Waals surface area contributed by atoms with E-state index >= 15 is 0 Å². The fraction of sp³-hybridized carbons (Fsp3) is 0.391. The van der Waals surface area contributed by atoms with Gasteiger partial charge in [0.05, 0.1) is 4.47 Å². The van der Waals surface area contributed by atoms with Crippen LogP contribution in [0.1, 0.15) is 38.3 Å². The largest absolute Gasteiger partial charge is 0.483 e. The number of amides is 2. The fourth-order valence-corrected chi connectivity index (χ4v) is 3.64. The van der Waals surface area contributed by atoms with E-state index in [1.54, 1.807) is 12.1 Å². The molecule has 0 saturated heterocycles. The quantitative estimate of drug-likeness (QED) is 0.547. The van der Waals surface area contributed by atoms with Gasteiger partial charge in [0.25, 0.3) is 5.91 Å². The van der Waals surface area contributed by atoms with E-state index in [2.05, 4.69) is 28.2 Å². The lowest BCUT2D eigenvalue weighted by Gasteiger charge is -2.30. The Labute approximate surface area is 185 Å². The van der Waals surface area contributed by atoms with E-state index in [9.17, 15) is 14.0 Å². The third kappa shape index (κ3) is 6.55. The molecule has 1 N–H and O–H groups in total. The standard InChI is InChI=1S/C23H28BrFN2O3/c1-4-16-9-12-21(19(24)13-16)30-15-22(28)27(20(5-2)23(29)26-6-3)14-17-7-10-18(25)11-8-17/h7-13,20H,4-6,14-15H2,1-3H3,(H,26,29). The van der Waals surface area contributed by atoms with Crippen LogP contribution >= 0.6 is 15.9 Å². The molecule has 2 rings (SSSR count). The summed E-state index contributed by atoms with van der Waals surface area (Å²) in [7, 11) is 0. The number of hydrogen-bond acceptors (Lipinski definition) is 3. The highest BCUT2D eigenvalue weighted by Crippen LogP contribution is 2.26. The van der Waals surface area contributed by atoms with Crippen LogP contribution in [0.25, 0.3) is 0 Å². The molecule has 2 amide bonds. The van der Waals surface area contributed by atoms with Gasteiger partial charge >= 0.3 is 0 Å². The number of halogens is 2. The van der Waals surface area contributed by atoms with Gasteiger partial charge in [-0.2, -0.15) is 0 Å². The van der Waals surface area contributed by atoms with Gasteiger partial charge in [-0.3, -0.25) is 9.59 Å². The smallest absolute Gasteiger partial charge is 0.261 e. The number of benzene rings is 2.